The molecule has 0 aromatic carbocycles. The van der Waals surface area contributed by atoms with E-state index in [2.05, 4.69) is 27.3 Å². The van der Waals surface area contributed by atoms with Crippen molar-refractivity contribution in [3.63, 3.8) is 0 Å². The third kappa shape index (κ3) is 3.67. The molecule has 1 amide bonds. The Kier molecular flexibility index (Phi) is 4.47. The molecule has 0 atom stereocenters. The molecule has 0 radical (unpaired) electrons. The molecule has 0 unspecified atom stereocenters. The van der Waals surface area contributed by atoms with Crippen molar-refractivity contribution in [1.29, 1.82) is 0 Å². The number of hydrogen-bond donors (Lipinski definition) is 2. The lowest BCUT2D eigenvalue weighted by Gasteiger charge is -2.02. The zero-order chi connectivity index (χ0) is 14.4. The van der Waals surface area contributed by atoms with Gasteiger partial charge in [0.2, 0.25) is 0 Å². The van der Waals surface area contributed by atoms with Gasteiger partial charge in [0, 0.05) is 17.8 Å². The fourth-order valence-corrected chi connectivity index (χ4v) is 1.51. The molecule has 0 fully saturated rings. The number of hydrogen-bond acceptors (Lipinski definition) is 5. The molecule has 2 heterocycles. The van der Waals surface area contributed by atoms with Gasteiger partial charge in [0.15, 0.2) is 0 Å². The Morgan fingerprint density at radius 2 is 2.35 bits per heavy atom. The summed E-state index contributed by atoms with van der Waals surface area (Å²) >= 11 is 0. The number of amides is 1. The minimum atomic E-state index is -0.299. The van der Waals surface area contributed by atoms with Gasteiger partial charge in [-0.15, -0.1) is 0 Å². The Hall–Kier alpha value is -2.65. The zero-order valence-electron chi connectivity index (χ0n) is 10.9. The highest BCUT2D eigenvalue weighted by atomic mass is 16.5. The summed E-state index contributed by atoms with van der Waals surface area (Å²) in [5, 5.41) is 15.0. The van der Waals surface area contributed by atoms with Crippen molar-refractivity contribution >= 4 is 5.91 Å². The topological polar surface area (TPSA) is 88.2 Å². The lowest BCUT2D eigenvalue weighted by atomic mass is 10.2. The highest BCUT2D eigenvalue weighted by Crippen LogP contribution is 2.02. The first-order valence-corrected chi connectivity index (χ1v) is 5.95. The first kappa shape index (κ1) is 13.8. The van der Waals surface area contributed by atoms with Gasteiger partial charge in [-0.3, -0.25) is 4.79 Å². The van der Waals surface area contributed by atoms with E-state index in [1.54, 1.807) is 25.1 Å². The number of aliphatic hydroxyl groups excluding tert-OH is 1. The van der Waals surface area contributed by atoms with E-state index < -0.39 is 0 Å². The lowest BCUT2D eigenvalue weighted by molar-refractivity contribution is 0.0945. The summed E-state index contributed by atoms with van der Waals surface area (Å²) in [6, 6.07) is 5.00. The molecular weight excluding hydrogens is 258 g/mol. The summed E-state index contributed by atoms with van der Waals surface area (Å²) in [4.78, 5) is 15.9. The van der Waals surface area contributed by atoms with E-state index in [9.17, 15) is 4.79 Å². The standard InChI is InChI=1S/C14H13N3O3/c1-10-7-12(17-20-10)9-16-14(19)13-5-4-11(8-15-13)3-2-6-18/h4-5,7-8,18H,6,9H2,1H3,(H,16,19). The van der Waals surface area contributed by atoms with Crippen molar-refractivity contribution in [3.8, 4) is 11.8 Å². The molecule has 0 aliphatic rings. The molecule has 6 nitrogen and oxygen atoms in total. The van der Waals surface area contributed by atoms with Crippen molar-refractivity contribution in [2.24, 2.45) is 0 Å². The molecule has 0 saturated carbocycles. The van der Waals surface area contributed by atoms with Crippen LogP contribution in [-0.2, 0) is 6.54 Å². The summed E-state index contributed by atoms with van der Waals surface area (Å²) < 4.78 is 4.90. The van der Waals surface area contributed by atoms with Gasteiger partial charge in [-0.1, -0.05) is 17.0 Å². The maximum Gasteiger partial charge on any atom is 0.270 e. The quantitative estimate of drug-likeness (QED) is 0.800. The monoisotopic (exact) mass is 271 g/mol. The number of carbonyl (C=O) groups excluding carboxylic acids is 1. The summed E-state index contributed by atoms with van der Waals surface area (Å²) in [6.45, 7) is 1.86. The lowest BCUT2D eigenvalue weighted by Crippen LogP contribution is -2.23. The van der Waals surface area contributed by atoms with Gasteiger partial charge < -0.3 is 14.9 Å². The van der Waals surface area contributed by atoms with Crippen LogP contribution in [-0.4, -0.2) is 27.8 Å². The number of nitrogens with zero attached hydrogens (tertiary/aromatic N) is 2. The van der Waals surface area contributed by atoms with Gasteiger partial charge >= 0.3 is 0 Å². The fraction of sp³-hybridized carbons (Fsp3) is 0.214. The third-order valence-electron chi connectivity index (χ3n) is 2.41. The molecule has 102 valence electrons. The summed E-state index contributed by atoms with van der Waals surface area (Å²) in [6.07, 6.45) is 1.48. The van der Waals surface area contributed by atoms with Gasteiger partial charge in [0.25, 0.3) is 5.91 Å². The second-order valence-electron chi connectivity index (χ2n) is 4.00. The van der Waals surface area contributed by atoms with Gasteiger partial charge in [0.05, 0.1) is 6.54 Å². The molecule has 0 spiro atoms. The van der Waals surface area contributed by atoms with Crippen LogP contribution >= 0.6 is 0 Å². The molecule has 2 N–H and O–H groups in total. The fourth-order valence-electron chi connectivity index (χ4n) is 1.51. The number of aromatic nitrogens is 2. The van der Waals surface area contributed by atoms with Gasteiger partial charge in [0.1, 0.15) is 23.8 Å². The van der Waals surface area contributed by atoms with Crippen molar-refractivity contribution in [1.82, 2.24) is 15.5 Å². The number of aliphatic hydroxyl groups is 1. The van der Waals surface area contributed by atoms with Crippen LogP contribution in [0.1, 0.15) is 27.5 Å². The average molecular weight is 271 g/mol. The van der Waals surface area contributed by atoms with Crippen LogP contribution in [0.3, 0.4) is 0 Å². The van der Waals surface area contributed by atoms with Crippen LogP contribution in [0.5, 0.6) is 0 Å². The van der Waals surface area contributed by atoms with E-state index in [1.165, 1.54) is 6.20 Å². The normalized spacial score (nSPS) is 9.70. The molecule has 2 rings (SSSR count). The first-order valence-electron chi connectivity index (χ1n) is 5.95. The minimum absolute atomic E-state index is 0.209. The predicted molar refractivity (Wildman–Crippen MR) is 70.6 cm³/mol. The van der Waals surface area contributed by atoms with Crippen molar-refractivity contribution in [2.75, 3.05) is 6.61 Å². The number of aryl methyl sites for hydroxylation is 1. The van der Waals surface area contributed by atoms with Crippen molar-refractivity contribution in [2.45, 2.75) is 13.5 Å². The summed E-state index contributed by atoms with van der Waals surface area (Å²) in [5.74, 6) is 5.61. The maximum atomic E-state index is 11.8. The maximum absolute atomic E-state index is 11.8. The van der Waals surface area contributed by atoms with Crippen LogP contribution < -0.4 is 5.32 Å². The predicted octanol–water partition coefficient (Wildman–Crippen LogP) is 0.652. The number of rotatable bonds is 3. The van der Waals surface area contributed by atoms with E-state index in [-0.39, 0.29) is 19.1 Å². The van der Waals surface area contributed by atoms with Crippen LogP contribution in [0.4, 0.5) is 0 Å². The first-order chi connectivity index (χ1) is 9.69. The number of carbonyl (C=O) groups is 1. The second kappa shape index (κ2) is 6.50. The number of nitrogens with one attached hydrogen (secondary N) is 1. The average Bonchev–Trinajstić information content (AvgIpc) is 2.89. The van der Waals surface area contributed by atoms with E-state index in [4.69, 9.17) is 9.63 Å². The Morgan fingerprint density at radius 1 is 1.50 bits per heavy atom. The van der Waals surface area contributed by atoms with Gasteiger partial charge in [-0.05, 0) is 19.1 Å². The van der Waals surface area contributed by atoms with Crippen LogP contribution in [0.25, 0.3) is 0 Å². The molecule has 0 aliphatic heterocycles. The number of pyridine rings is 1. The van der Waals surface area contributed by atoms with E-state index >= 15 is 0 Å². The van der Waals surface area contributed by atoms with Crippen LogP contribution in [0, 0.1) is 18.8 Å². The highest BCUT2D eigenvalue weighted by molar-refractivity contribution is 5.92. The van der Waals surface area contributed by atoms with E-state index in [1.807, 2.05) is 0 Å². The van der Waals surface area contributed by atoms with Crippen molar-refractivity contribution in [3.05, 3.63) is 47.1 Å². The third-order valence-corrected chi connectivity index (χ3v) is 2.41. The Labute approximate surface area is 115 Å². The van der Waals surface area contributed by atoms with Gasteiger partial charge in [-0.2, -0.15) is 0 Å². The largest absolute Gasteiger partial charge is 0.384 e. The highest BCUT2D eigenvalue weighted by Gasteiger charge is 2.08. The zero-order valence-corrected chi connectivity index (χ0v) is 10.9. The van der Waals surface area contributed by atoms with E-state index in [0.717, 1.165) is 0 Å². The molecule has 0 bridgehead atoms. The Balaban J connectivity index is 1.95. The van der Waals surface area contributed by atoms with E-state index in [0.29, 0.717) is 22.7 Å². The second-order valence-corrected chi connectivity index (χ2v) is 4.00. The Bertz CT molecular complexity index is 650. The minimum Gasteiger partial charge on any atom is -0.384 e. The molecule has 2 aromatic rings. The van der Waals surface area contributed by atoms with Gasteiger partial charge in [-0.25, -0.2) is 4.98 Å². The summed E-state index contributed by atoms with van der Waals surface area (Å²) in [7, 11) is 0. The molecular formula is C14H13N3O3. The van der Waals surface area contributed by atoms with Crippen LogP contribution in [0.2, 0.25) is 0 Å². The Morgan fingerprint density at radius 3 is 2.95 bits per heavy atom. The molecule has 0 saturated heterocycles. The molecule has 2 aromatic heterocycles. The smallest absolute Gasteiger partial charge is 0.270 e. The van der Waals surface area contributed by atoms with Crippen LogP contribution in [0.15, 0.2) is 28.9 Å². The van der Waals surface area contributed by atoms with Crippen molar-refractivity contribution < 1.29 is 14.4 Å². The molecule has 20 heavy (non-hydrogen) atoms. The molecule has 0 aliphatic carbocycles. The summed E-state index contributed by atoms with van der Waals surface area (Å²) in [5.41, 5.74) is 1.59. The SMILES string of the molecule is Cc1cc(CNC(=O)c2ccc(C#CCO)cn2)no1. The molecule has 6 heteroatoms.